The lowest BCUT2D eigenvalue weighted by molar-refractivity contribution is -0.122. The van der Waals surface area contributed by atoms with Crippen LogP contribution in [0.25, 0.3) is 0 Å². The van der Waals surface area contributed by atoms with Gasteiger partial charge in [-0.1, -0.05) is 37.6 Å². The molecule has 1 atom stereocenters. The molecule has 3 rings (SSSR count). The van der Waals surface area contributed by atoms with Gasteiger partial charge >= 0.3 is 0 Å². The Morgan fingerprint density at radius 1 is 1.10 bits per heavy atom. The van der Waals surface area contributed by atoms with E-state index in [2.05, 4.69) is 24.5 Å². The molecule has 1 aliphatic rings. The predicted molar refractivity (Wildman–Crippen MR) is 124 cm³/mol. The van der Waals surface area contributed by atoms with Crippen LogP contribution in [0.3, 0.4) is 0 Å². The minimum atomic E-state index is -0.501. The lowest BCUT2D eigenvalue weighted by Gasteiger charge is -2.19. The summed E-state index contributed by atoms with van der Waals surface area (Å²) in [5.41, 5.74) is 2.71. The van der Waals surface area contributed by atoms with Crippen LogP contribution in [0.15, 0.2) is 42.5 Å². The van der Waals surface area contributed by atoms with E-state index in [-0.39, 0.29) is 30.2 Å². The zero-order valence-electron chi connectivity index (χ0n) is 18.2. The summed E-state index contributed by atoms with van der Waals surface area (Å²) in [5, 5.41) is 5.94. The molecule has 2 aromatic rings. The highest BCUT2D eigenvalue weighted by Gasteiger charge is 2.35. The summed E-state index contributed by atoms with van der Waals surface area (Å²) in [5.74, 6) is -0.774. The lowest BCUT2D eigenvalue weighted by atomic mass is 10.0. The van der Waals surface area contributed by atoms with Crippen LogP contribution in [0.4, 0.5) is 11.4 Å². The van der Waals surface area contributed by atoms with E-state index in [0.717, 1.165) is 11.3 Å². The van der Waals surface area contributed by atoms with E-state index in [1.54, 1.807) is 23.1 Å². The maximum Gasteiger partial charge on any atom is 0.251 e. The zero-order chi connectivity index (χ0) is 22.7. The molecule has 1 fully saturated rings. The number of halogens is 1. The number of nitrogens with one attached hydrogen (secondary N) is 2. The Labute approximate surface area is 188 Å². The number of carbonyl (C=O) groups is 3. The molecule has 6 nitrogen and oxygen atoms in total. The van der Waals surface area contributed by atoms with Crippen LogP contribution in [0, 0.1) is 5.92 Å². The van der Waals surface area contributed by atoms with Crippen molar-refractivity contribution in [1.29, 1.82) is 0 Å². The molecule has 1 heterocycles. The van der Waals surface area contributed by atoms with Gasteiger partial charge in [0.1, 0.15) is 0 Å². The lowest BCUT2D eigenvalue weighted by Crippen LogP contribution is -2.30. The monoisotopic (exact) mass is 441 g/mol. The highest BCUT2D eigenvalue weighted by Crippen LogP contribution is 2.30. The van der Waals surface area contributed by atoms with Crippen LogP contribution in [0.5, 0.6) is 0 Å². The van der Waals surface area contributed by atoms with Crippen LogP contribution < -0.4 is 15.5 Å². The molecule has 0 bridgehead atoms. The van der Waals surface area contributed by atoms with Crippen molar-refractivity contribution in [2.45, 2.75) is 46.1 Å². The van der Waals surface area contributed by atoms with Gasteiger partial charge in [0.2, 0.25) is 11.8 Å². The molecule has 1 unspecified atom stereocenters. The van der Waals surface area contributed by atoms with Crippen molar-refractivity contribution >= 4 is 40.7 Å². The van der Waals surface area contributed by atoms with E-state index in [9.17, 15) is 14.4 Å². The second kappa shape index (κ2) is 9.52. The fourth-order valence-electron chi connectivity index (χ4n) is 3.53. The fourth-order valence-corrected chi connectivity index (χ4v) is 3.69. The first-order chi connectivity index (χ1) is 14.7. The molecule has 2 N–H and O–H groups in total. The summed E-state index contributed by atoms with van der Waals surface area (Å²) < 4.78 is 0. The summed E-state index contributed by atoms with van der Waals surface area (Å²) in [6, 6.07) is 12.6. The molecule has 1 aliphatic heterocycles. The highest BCUT2D eigenvalue weighted by atomic mass is 35.5. The Balaban J connectivity index is 1.72. The minimum Gasteiger partial charge on any atom is -0.350 e. The summed E-state index contributed by atoms with van der Waals surface area (Å²) in [6.07, 6.45) is 0.128. The fraction of sp³-hybridized carbons (Fsp3) is 0.375. The van der Waals surface area contributed by atoms with E-state index in [4.69, 9.17) is 11.6 Å². The van der Waals surface area contributed by atoms with Crippen molar-refractivity contribution in [3.05, 3.63) is 58.6 Å². The van der Waals surface area contributed by atoms with Gasteiger partial charge in [-0.3, -0.25) is 14.4 Å². The topological polar surface area (TPSA) is 78.5 Å². The Hall–Kier alpha value is -2.86. The molecular formula is C24H28ClN3O3. The van der Waals surface area contributed by atoms with E-state index in [1.165, 1.54) is 0 Å². The Bertz CT molecular complexity index is 1000. The third kappa shape index (κ3) is 5.44. The van der Waals surface area contributed by atoms with Gasteiger partial charge in [0.15, 0.2) is 0 Å². The van der Waals surface area contributed by atoms with Crippen molar-refractivity contribution in [3.8, 4) is 0 Å². The van der Waals surface area contributed by atoms with Gasteiger partial charge in [-0.15, -0.1) is 0 Å². The van der Waals surface area contributed by atoms with E-state index in [0.29, 0.717) is 28.7 Å². The number of nitrogens with zero attached hydrogens (tertiary/aromatic N) is 1. The van der Waals surface area contributed by atoms with Crippen molar-refractivity contribution in [2.24, 2.45) is 5.92 Å². The van der Waals surface area contributed by atoms with Gasteiger partial charge in [0, 0.05) is 30.3 Å². The first kappa shape index (κ1) is 22.8. The third-order valence-electron chi connectivity index (χ3n) is 5.25. The molecule has 2 aromatic carbocycles. The molecule has 0 aliphatic carbocycles. The summed E-state index contributed by atoms with van der Waals surface area (Å²) in [4.78, 5) is 39.4. The van der Waals surface area contributed by atoms with Crippen LogP contribution in [-0.2, 0) is 9.59 Å². The standard InChI is InChI=1S/C24H28ClN3O3/c1-14(2)16-6-5-7-19(10-16)28-13-18(12-22(28)29)24(31)27-21-11-17(8-9-20(21)25)23(30)26-15(3)4/h5-11,14-15,18H,12-13H2,1-4H3,(H,26,30)(H,27,31). The SMILES string of the molecule is CC(C)NC(=O)c1ccc(Cl)c(NC(=O)C2CC(=O)N(c3cccc(C(C)C)c3)C2)c1. The highest BCUT2D eigenvalue weighted by molar-refractivity contribution is 6.34. The van der Waals surface area contributed by atoms with Crippen molar-refractivity contribution in [2.75, 3.05) is 16.8 Å². The Morgan fingerprint density at radius 2 is 1.84 bits per heavy atom. The second-order valence-corrected chi connectivity index (χ2v) is 8.87. The average molecular weight is 442 g/mol. The van der Waals surface area contributed by atoms with E-state index >= 15 is 0 Å². The minimum absolute atomic E-state index is 0.00842. The van der Waals surface area contributed by atoms with Crippen molar-refractivity contribution in [1.82, 2.24) is 5.32 Å². The van der Waals surface area contributed by atoms with Gasteiger partial charge in [0.25, 0.3) is 5.91 Å². The van der Waals surface area contributed by atoms with Gasteiger partial charge < -0.3 is 15.5 Å². The number of rotatable bonds is 6. The van der Waals surface area contributed by atoms with Crippen LogP contribution in [-0.4, -0.2) is 30.3 Å². The zero-order valence-corrected chi connectivity index (χ0v) is 19.0. The number of benzene rings is 2. The average Bonchev–Trinajstić information content (AvgIpc) is 3.11. The van der Waals surface area contributed by atoms with Crippen LogP contribution >= 0.6 is 11.6 Å². The molecule has 0 saturated carbocycles. The van der Waals surface area contributed by atoms with Crippen LogP contribution in [0.2, 0.25) is 5.02 Å². The summed E-state index contributed by atoms with van der Waals surface area (Å²) in [6.45, 7) is 8.24. The van der Waals surface area contributed by atoms with Gasteiger partial charge in [-0.05, 0) is 55.7 Å². The Kier molecular flexibility index (Phi) is 7.01. The molecular weight excluding hydrogens is 414 g/mol. The largest absolute Gasteiger partial charge is 0.350 e. The first-order valence-corrected chi connectivity index (χ1v) is 10.8. The number of hydrogen-bond donors (Lipinski definition) is 2. The maximum absolute atomic E-state index is 12.9. The maximum atomic E-state index is 12.9. The third-order valence-corrected chi connectivity index (χ3v) is 5.58. The normalized spacial score (nSPS) is 16.2. The second-order valence-electron chi connectivity index (χ2n) is 8.47. The van der Waals surface area contributed by atoms with Crippen molar-refractivity contribution < 1.29 is 14.4 Å². The van der Waals surface area contributed by atoms with E-state index < -0.39 is 5.92 Å². The molecule has 1 saturated heterocycles. The molecule has 31 heavy (non-hydrogen) atoms. The van der Waals surface area contributed by atoms with Crippen molar-refractivity contribution in [3.63, 3.8) is 0 Å². The first-order valence-electron chi connectivity index (χ1n) is 10.5. The quantitative estimate of drug-likeness (QED) is 0.687. The molecule has 164 valence electrons. The molecule has 0 radical (unpaired) electrons. The van der Waals surface area contributed by atoms with Gasteiger partial charge in [0.05, 0.1) is 16.6 Å². The molecule has 0 spiro atoms. The molecule has 0 aromatic heterocycles. The Morgan fingerprint density at radius 3 is 2.52 bits per heavy atom. The smallest absolute Gasteiger partial charge is 0.251 e. The number of carbonyl (C=O) groups excluding carboxylic acids is 3. The van der Waals surface area contributed by atoms with E-state index in [1.807, 2.05) is 38.1 Å². The molecule has 3 amide bonds. The number of amides is 3. The van der Waals surface area contributed by atoms with Gasteiger partial charge in [-0.2, -0.15) is 0 Å². The van der Waals surface area contributed by atoms with Gasteiger partial charge in [-0.25, -0.2) is 0 Å². The number of anilines is 2. The molecule has 7 heteroatoms. The summed E-state index contributed by atoms with van der Waals surface area (Å²) >= 11 is 6.23. The number of hydrogen-bond acceptors (Lipinski definition) is 3. The summed E-state index contributed by atoms with van der Waals surface area (Å²) in [7, 11) is 0. The predicted octanol–water partition coefficient (Wildman–Crippen LogP) is 4.59. The van der Waals surface area contributed by atoms with Crippen LogP contribution in [0.1, 0.15) is 56.0 Å².